The summed E-state index contributed by atoms with van der Waals surface area (Å²) < 4.78 is 31.2. The van der Waals surface area contributed by atoms with Gasteiger partial charge in [0.15, 0.2) is 16.2 Å². The summed E-state index contributed by atoms with van der Waals surface area (Å²) in [5.41, 5.74) is 2.20. The van der Waals surface area contributed by atoms with Crippen molar-refractivity contribution in [2.24, 2.45) is 0 Å². The Morgan fingerprint density at radius 1 is 0.944 bits per heavy atom. The van der Waals surface area contributed by atoms with Gasteiger partial charge in [-0.1, -0.05) is 91.0 Å². The van der Waals surface area contributed by atoms with Gasteiger partial charge in [0.1, 0.15) is 5.69 Å². The number of hydrogen-bond donors (Lipinski definition) is 0. The number of para-hydroxylation sites is 1. The summed E-state index contributed by atoms with van der Waals surface area (Å²) in [6.45, 7) is 2.13. The smallest absolute Gasteiger partial charge is 0.251 e. The predicted octanol–water partition coefficient (Wildman–Crippen LogP) is 6.30. The summed E-state index contributed by atoms with van der Waals surface area (Å²) >= 11 is 7.58. The number of rotatable bonds is 7. The van der Waals surface area contributed by atoms with Gasteiger partial charge in [-0.25, -0.2) is 17.7 Å². The zero-order valence-electron chi connectivity index (χ0n) is 19.5. The highest BCUT2D eigenvalue weighted by Gasteiger charge is 2.49. The lowest BCUT2D eigenvalue weighted by Crippen LogP contribution is -2.43. The number of benzene rings is 3. The highest BCUT2D eigenvalue weighted by Crippen LogP contribution is 2.44. The van der Waals surface area contributed by atoms with Crippen molar-refractivity contribution in [3.05, 3.63) is 107 Å². The number of carbonyl (C=O) groups excluding carboxylic acids is 1. The number of imidazole rings is 1. The molecule has 0 saturated heterocycles. The van der Waals surface area contributed by atoms with Crippen molar-refractivity contribution in [1.82, 2.24) is 9.55 Å². The molecule has 0 aliphatic carbocycles. The second-order valence-electron chi connectivity index (χ2n) is 8.42. The van der Waals surface area contributed by atoms with E-state index in [2.05, 4.69) is 6.92 Å². The first-order valence-corrected chi connectivity index (χ1v) is 14.4. The molecule has 1 aromatic heterocycles. The van der Waals surface area contributed by atoms with Crippen molar-refractivity contribution in [1.29, 1.82) is 0 Å². The normalized spacial score (nSPS) is 16.7. The molecule has 0 saturated carbocycles. The zero-order valence-corrected chi connectivity index (χ0v) is 21.9. The molecule has 9 heteroatoms. The van der Waals surface area contributed by atoms with E-state index < -0.39 is 21.1 Å². The van der Waals surface area contributed by atoms with Crippen LogP contribution < -0.4 is 4.31 Å². The summed E-state index contributed by atoms with van der Waals surface area (Å²) in [4.78, 5) is 18.8. The molecule has 0 spiro atoms. The van der Waals surface area contributed by atoms with Crippen LogP contribution in [-0.4, -0.2) is 29.5 Å². The Morgan fingerprint density at radius 3 is 2.22 bits per heavy atom. The van der Waals surface area contributed by atoms with Crippen LogP contribution in [0.4, 0.5) is 5.82 Å². The molecule has 6 nitrogen and oxygen atoms in total. The summed E-state index contributed by atoms with van der Waals surface area (Å²) in [7, 11) is -4.14. The number of fused-ring (bicyclic) bond motifs is 1. The number of ketones is 1. The molecule has 3 aromatic carbocycles. The van der Waals surface area contributed by atoms with Gasteiger partial charge in [-0.2, -0.15) is 0 Å². The Kier molecular flexibility index (Phi) is 6.92. The van der Waals surface area contributed by atoms with Gasteiger partial charge in [0.25, 0.3) is 10.0 Å². The molecule has 0 amide bonds. The standard InChI is InChI=1S/C27H24ClN3O3S2/c1-2-17-35-27-29-26-23(31(27)22-11-7-4-8-12-22)24(32)25(20-13-15-21(28)16-14-20)36(33,34)30(26)18-19-9-5-3-6-10-19/h3-16,25H,2,17-18H2,1H3. The largest absolute Gasteiger partial charge is 0.290 e. The van der Waals surface area contributed by atoms with Crippen LogP contribution in [0.15, 0.2) is 90.1 Å². The Balaban J connectivity index is 1.77. The minimum Gasteiger partial charge on any atom is -0.290 e. The highest BCUT2D eigenvalue weighted by atomic mass is 35.5. The number of carbonyl (C=O) groups is 1. The van der Waals surface area contributed by atoms with Crippen LogP contribution in [0.3, 0.4) is 0 Å². The van der Waals surface area contributed by atoms with Crippen LogP contribution in [0.1, 0.15) is 40.2 Å². The van der Waals surface area contributed by atoms with Crippen LogP contribution >= 0.6 is 23.4 Å². The average Bonchev–Trinajstić information content (AvgIpc) is 3.27. The molecule has 0 radical (unpaired) electrons. The van der Waals surface area contributed by atoms with Gasteiger partial charge in [0.05, 0.1) is 6.54 Å². The number of sulfonamides is 1. The minimum atomic E-state index is -4.14. The van der Waals surface area contributed by atoms with Crippen molar-refractivity contribution in [2.45, 2.75) is 30.3 Å². The highest BCUT2D eigenvalue weighted by molar-refractivity contribution is 7.99. The lowest BCUT2D eigenvalue weighted by atomic mass is 10.1. The molecule has 1 atom stereocenters. The third-order valence-electron chi connectivity index (χ3n) is 5.93. The third kappa shape index (κ3) is 4.45. The van der Waals surface area contributed by atoms with E-state index in [1.54, 1.807) is 28.8 Å². The fraction of sp³-hybridized carbons (Fsp3) is 0.185. The maximum Gasteiger partial charge on any atom is 0.251 e. The van der Waals surface area contributed by atoms with Crippen LogP contribution in [0.2, 0.25) is 5.02 Å². The first kappa shape index (κ1) is 24.6. The summed E-state index contributed by atoms with van der Waals surface area (Å²) in [6, 6.07) is 25.2. The molecular formula is C27H24ClN3O3S2. The number of halogens is 1. The molecule has 4 aromatic rings. The quantitative estimate of drug-likeness (QED) is 0.259. The molecule has 5 rings (SSSR count). The van der Waals surface area contributed by atoms with Gasteiger partial charge < -0.3 is 0 Å². The summed E-state index contributed by atoms with van der Waals surface area (Å²) in [6.07, 6.45) is 0.907. The number of Topliss-reactive ketones (excluding diaryl/α,β-unsaturated/α-hetero) is 1. The first-order chi connectivity index (χ1) is 17.4. The maximum atomic E-state index is 14.1. The molecule has 184 valence electrons. The predicted molar refractivity (Wildman–Crippen MR) is 145 cm³/mol. The van der Waals surface area contributed by atoms with E-state index in [1.165, 1.54) is 16.1 Å². The first-order valence-electron chi connectivity index (χ1n) is 11.6. The summed E-state index contributed by atoms with van der Waals surface area (Å²) in [5, 5.41) is -0.352. The van der Waals surface area contributed by atoms with Gasteiger partial charge in [-0.05, 0) is 41.8 Å². The molecular weight excluding hydrogens is 514 g/mol. The fourth-order valence-corrected chi connectivity index (χ4v) is 7.10. The van der Waals surface area contributed by atoms with Gasteiger partial charge in [-0.3, -0.25) is 9.36 Å². The molecule has 0 N–H and O–H groups in total. The number of aromatic nitrogens is 2. The molecule has 2 heterocycles. The lowest BCUT2D eigenvalue weighted by Gasteiger charge is -2.32. The third-order valence-corrected chi connectivity index (χ3v) is 9.33. The van der Waals surface area contributed by atoms with Crippen LogP contribution in [0, 0.1) is 0 Å². The van der Waals surface area contributed by atoms with E-state index in [9.17, 15) is 13.2 Å². The monoisotopic (exact) mass is 537 g/mol. The van der Waals surface area contributed by atoms with Crippen molar-refractivity contribution in [3.8, 4) is 5.69 Å². The fourth-order valence-electron chi connectivity index (χ4n) is 4.27. The molecule has 1 unspecified atom stereocenters. The number of anilines is 1. The van der Waals surface area contributed by atoms with Crippen molar-refractivity contribution in [3.63, 3.8) is 0 Å². The Morgan fingerprint density at radius 2 is 1.58 bits per heavy atom. The topological polar surface area (TPSA) is 72.3 Å². The Bertz CT molecular complexity index is 1490. The average molecular weight is 538 g/mol. The van der Waals surface area contributed by atoms with Crippen LogP contribution in [0.5, 0.6) is 0 Å². The van der Waals surface area contributed by atoms with E-state index in [4.69, 9.17) is 16.6 Å². The van der Waals surface area contributed by atoms with E-state index in [0.717, 1.165) is 23.4 Å². The Hall–Kier alpha value is -3.07. The van der Waals surface area contributed by atoms with E-state index >= 15 is 0 Å². The number of thioether (sulfide) groups is 1. The van der Waals surface area contributed by atoms with Crippen LogP contribution in [-0.2, 0) is 16.6 Å². The van der Waals surface area contributed by atoms with Gasteiger partial charge in [0.2, 0.25) is 5.78 Å². The van der Waals surface area contributed by atoms with Crippen LogP contribution in [0.25, 0.3) is 5.69 Å². The lowest BCUT2D eigenvalue weighted by molar-refractivity contribution is 0.0978. The van der Waals surface area contributed by atoms with E-state index in [1.807, 2.05) is 60.7 Å². The van der Waals surface area contributed by atoms with E-state index in [-0.39, 0.29) is 18.1 Å². The zero-order chi connectivity index (χ0) is 25.3. The molecule has 0 fully saturated rings. The van der Waals surface area contributed by atoms with Gasteiger partial charge in [0, 0.05) is 16.5 Å². The van der Waals surface area contributed by atoms with Crippen molar-refractivity contribution in [2.75, 3.05) is 10.1 Å². The second-order valence-corrected chi connectivity index (χ2v) is 11.9. The number of hydrogen-bond acceptors (Lipinski definition) is 5. The van der Waals surface area contributed by atoms with Gasteiger partial charge in [-0.15, -0.1) is 0 Å². The SMILES string of the molecule is CCCSc1nc2c(n1-c1ccccc1)C(=O)C(c1ccc(Cl)cc1)S(=O)(=O)N2Cc1ccccc1. The second kappa shape index (κ2) is 10.1. The maximum absolute atomic E-state index is 14.1. The molecule has 1 aliphatic heterocycles. The summed E-state index contributed by atoms with van der Waals surface area (Å²) in [5.74, 6) is 0.441. The van der Waals surface area contributed by atoms with Crippen molar-refractivity contribution < 1.29 is 13.2 Å². The van der Waals surface area contributed by atoms with Gasteiger partial charge >= 0.3 is 0 Å². The minimum absolute atomic E-state index is 0.0667. The molecule has 0 bridgehead atoms. The van der Waals surface area contributed by atoms with Crippen molar-refractivity contribution >= 4 is 45.0 Å². The Labute approximate surface area is 220 Å². The molecule has 36 heavy (non-hydrogen) atoms. The number of nitrogens with zero attached hydrogens (tertiary/aromatic N) is 3. The van der Waals surface area contributed by atoms with E-state index in [0.29, 0.717) is 15.7 Å². The molecule has 1 aliphatic rings.